The lowest BCUT2D eigenvalue weighted by Gasteiger charge is -1.94. The summed E-state index contributed by atoms with van der Waals surface area (Å²) in [6.45, 7) is 5.73. The molecule has 0 atom stereocenters. The molecule has 0 aliphatic carbocycles. The first kappa shape index (κ1) is 11.0. The van der Waals surface area contributed by atoms with Crippen LogP contribution in [0, 0.1) is 0 Å². The van der Waals surface area contributed by atoms with Gasteiger partial charge in [-0.25, -0.2) is 0 Å². The molecule has 0 aliphatic rings. The van der Waals surface area contributed by atoms with E-state index in [0.29, 0.717) is 0 Å². The molecule has 0 saturated heterocycles. The van der Waals surface area contributed by atoms with Gasteiger partial charge in [0, 0.05) is 4.53 Å². The molecule has 1 nitrogen and oxygen atoms in total. The molecule has 2 heteroatoms. The minimum Gasteiger partial charge on any atom is -0.295 e. The SMILES string of the molecule is C\C=C/C(C)=C/C(=C\CC)OF. The van der Waals surface area contributed by atoms with Gasteiger partial charge in [-0.1, -0.05) is 19.1 Å². The van der Waals surface area contributed by atoms with E-state index in [1.54, 1.807) is 12.2 Å². The van der Waals surface area contributed by atoms with Crippen molar-refractivity contribution in [2.24, 2.45) is 0 Å². The van der Waals surface area contributed by atoms with Crippen molar-refractivity contribution in [1.82, 2.24) is 0 Å². The second-order valence-corrected chi connectivity index (χ2v) is 2.48. The Morgan fingerprint density at radius 1 is 1.50 bits per heavy atom. The summed E-state index contributed by atoms with van der Waals surface area (Å²) in [5.74, 6) is 0.271. The highest BCUT2D eigenvalue weighted by Crippen LogP contribution is 2.06. The molecular formula is C10H15FO. The average molecular weight is 170 g/mol. The maximum Gasteiger partial charge on any atom is 0.168 e. The van der Waals surface area contributed by atoms with Gasteiger partial charge in [0.25, 0.3) is 0 Å². The van der Waals surface area contributed by atoms with Crippen molar-refractivity contribution in [3.63, 3.8) is 0 Å². The number of rotatable bonds is 4. The van der Waals surface area contributed by atoms with E-state index < -0.39 is 0 Å². The normalized spacial score (nSPS) is 14.0. The lowest BCUT2D eigenvalue weighted by Crippen LogP contribution is -1.79. The predicted octanol–water partition coefficient (Wildman–Crippen LogP) is 3.70. The van der Waals surface area contributed by atoms with Crippen LogP contribution in [-0.2, 0) is 4.94 Å². The van der Waals surface area contributed by atoms with Gasteiger partial charge in [-0.05, 0) is 38.0 Å². The van der Waals surface area contributed by atoms with Gasteiger partial charge in [0.1, 0.15) is 0 Å². The summed E-state index contributed by atoms with van der Waals surface area (Å²) in [5, 5.41) is 0. The van der Waals surface area contributed by atoms with Gasteiger partial charge in [-0.15, -0.1) is 0 Å². The van der Waals surface area contributed by atoms with Gasteiger partial charge in [-0.3, -0.25) is 4.94 Å². The van der Waals surface area contributed by atoms with Crippen molar-refractivity contribution >= 4 is 0 Å². The fraction of sp³-hybridized carbons (Fsp3) is 0.400. The van der Waals surface area contributed by atoms with E-state index in [2.05, 4.69) is 4.94 Å². The van der Waals surface area contributed by atoms with Crippen LogP contribution in [0.4, 0.5) is 4.53 Å². The molecule has 0 saturated carbocycles. The van der Waals surface area contributed by atoms with Crippen LogP contribution in [0.2, 0.25) is 0 Å². The van der Waals surface area contributed by atoms with Gasteiger partial charge in [0.15, 0.2) is 5.76 Å². The maximum atomic E-state index is 11.8. The van der Waals surface area contributed by atoms with Gasteiger partial charge < -0.3 is 0 Å². The van der Waals surface area contributed by atoms with Crippen molar-refractivity contribution in [3.8, 4) is 0 Å². The third-order valence-corrected chi connectivity index (χ3v) is 1.29. The second kappa shape index (κ2) is 6.65. The minimum absolute atomic E-state index is 0.271. The average Bonchev–Trinajstić information content (AvgIpc) is 2.04. The van der Waals surface area contributed by atoms with Crippen molar-refractivity contribution < 1.29 is 9.47 Å². The molecule has 0 fully saturated rings. The summed E-state index contributed by atoms with van der Waals surface area (Å²) in [6, 6.07) is 0. The molecule has 0 N–H and O–H groups in total. The Morgan fingerprint density at radius 2 is 2.17 bits per heavy atom. The van der Waals surface area contributed by atoms with Crippen LogP contribution in [0.5, 0.6) is 0 Å². The summed E-state index contributed by atoms with van der Waals surface area (Å²) in [4.78, 5) is 3.66. The summed E-state index contributed by atoms with van der Waals surface area (Å²) in [7, 11) is 0. The van der Waals surface area contributed by atoms with Crippen LogP contribution in [0.3, 0.4) is 0 Å². The first-order valence-corrected chi connectivity index (χ1v) is 4.04. The molecule has 0 unspecified atom stereocenters. The largest absolute Gasteiger partial charge is 0.295 e. The van der Waals surface area contributed by atoms with Crippen LogP contribution in [0.1, 0.15) is 27.2 Å². The summed E-state index contributed by atoms with van der Waals surface area (Å²) in [6.07, 6.45) is 7.89. The monoisotopic (exact) mass is 170 g/mol. The molecule has 0 aromatic carbocycles. The highest BCUT2D eigenvalue weighted by Gasteiger charge is 1.92. The molecule has 0 spiro atoms. The molecule has 0 heterocycles. The van der Waals surface area contributed by atoms with Crippen molar-refractivity contribution in [1.29, 1.82) is 0 Å². The molecule has 68 valence electrons. The summed E-state index contributed by atoms with van der Waals surface area (Å²) < 4.78 is 11.8. The van der Waals surface area contributed by atoms with E-state index >= 15 is 0 Å². The fourth-order valence-corrected chi connectivity index (χ4v) is 0.849. The molecular weight excluding hydrogens is 155 g/mol. The van der Waals surface area contributed by atoms with Gasteiger partial charge >= 0.3 is 0 Å². The molecule has 0 bridgehead atoms. The van der Waals surface area contributed by atoms with Crippen molar-refractivity contribution in [2.45, 2.75) is 27.2 Å². The van der Waals surface area contributed by atoms with Crippen LogP contribution in [-0.4, -0.2) is 0 Å². The van der Waals surface area contributed by atoms with Gasteiger partial charge in [-0.2, -0.15) is 0 Å². The molecule has 0 aromatic rings. The Bertz CT molecular complexity index is 202. The van der Waals surface area contributed by atoms with E-state index in [-0.39, 0.29) is 5.76 Å². The molecule has 0 rings (SSSR count). The van der Waals surface area contributed by atoms with E-state index in [1.807, 2.05) is 32.9 Å². The summed E-state index contributed by atoms with van der Waals surface area (Å²) >= 11 is 0. The Morgan fingerprint density at radius 3 is 2.58 bits per heavy atom. The zero-order valence-electron chi connectivity index (χ0n) is 7.80. The van der Waals surface area contributed by atoms with E-state index in [4.69, 9.17) is 0 Å². The first-order chi connectivity index (χ1) is 5.74. The Hall–Kier alpha value is -1.05. The summed E-state index contributed by atoms with van der Waals surface area (Å²) in [5.41, 5.74) is 0.967. The number of hydrogen-bond acceptors (Lipinski definition) is 1. The van der Waals surface area contributed by atoms with Gasteiger partial charge in [0.05, 0.1) is 0 Å². The third-order valence-electron chi connectivity index (χ3n) is 1.29. The zero-order chi connectivity index (χ0) is 9.40. The predicted molar refractivity (Wildman–Crippen MR) is 49.1 cm³/mol. The van der Waals surface area contributed by atoms with E-state index in [9.17, 15) is 4.53 Å². The minimum atomic E-state index is 0.271. The van der Waals surface area contributed by atoms with Crippen LogP contribution in [0.25, 0.3) is 0 Å². The van der Waals surface area contributed by atoms with E-state index in [0.717, 1.165) is 12.0 Å². The van der Waals surface area contributed by atoms with E-state index in [1.165, 1.54) is 0 Å². The highest BCUT2D eigenvalue weighted by atomic mass is 19.3. The Balaban J connectivity index is 4.35. The van der Waals surface area contributed by atoms with Crippen molar-refractivity contribution in [2.75, 3.05) is 0 Å². The van der Waals surface area contributed by atoms with Crippen LogP contribution >= 0.6 is 0 Å². The van der Waals surface area contributed by atoms with Crippen molar-refractivity contribution in [3.05, 3.63) is 35.6 Å². The van der Waals surface area contributed by atoms with Crippen LogP contribution < -0.4 is 0 Å². The standard InChI is InChI=1S/C10H15FO/c1-4-6-9(3)8-10(12-11)7-5-2/h4,6-8H,5H2,1-3H3/b6-4-,9-8+,10-7+. The van der Waals surface area contributed by atoms with Gasteiger partial charge in [0.2, 0.25) is 0 Å². The third kappa shape index (κ3) is 4.72. The molecule has 0 amide bonds. The fourth-order valence-electron chi connectivity index (χ4n) is 0.849. The quantitative estimate of drug-likeness (QED) is 0.461. The molecule has 12 heavy (non-hydrogen) atoms. The Kier molecular flexibility index (Phi) is 6.07. The molecule has 0 aromatic heterocycles. The molecule has 0 radical (unpaired) electrons. The number of allylic oxidation sites excluding steroid dienone is 5. The smallest absolute Gasteiger partial charge is 0.168 e. The Labute approximate surface area is 73.1 Å². The van der Waals surface area contributed by atoms with Crippen LogP contribution in [0.15, 0.2) is 35.6 Å². The maximum absolute atomic E-state index is 11.8. The highest BCUT2D eigenvalue weighted by molar-refractivity contribution is 5.24. The second-order valence-electron chi connectivity index (χ2n) is 2.48. The number of hydrogen-bond donors (Lipinski definition) is 0. The lowest BCUT2D eigenvalue weighted by molar-refractivity contribution is -0.0770. The lowest BCUT2D eigenvalue weighted by atomic mass is 10.2. The first-order valence-electron chi connectivity index (χ1n) is 4.04. The topological polar surface area (TPSA) is 9.23 Å². The zero-order valence-corrected chi connectivity index (χ0v) is 7.80. The molecule has 0 aliphatic heterocycles. The number of halogens is 1.